The quantitative estimate of drug-likeness (QED) is 0.633. The number of benzene rings is 2. The van der Waals surface area contributed by atoms with Crippen molar-refractivity contribution in [1.82, 2.24) is 4.57 Å². The zero-order valence-electron chi connectivity index (χ0n) is 17.6. The Balaban J connectivity index is 1.77. The summed E-state index contributed by atoms with van der Waals surface area (Å²) in [6, 6.07) is 16.4. The lowest BCUT2D eigenvalue weighted by molar-refractivity contribution is 0.101. The Morgan fingerprint density at radius 1 is 1.10 bits per heavy atom. The second-order valence-corrected chi connectivity index (χ2v) is 7.33. The van der Waals surface area contributed by atoms with Gasteiger partial charge in [0.1, 0.15) is 18.1 Å². The number of methoxy groups -OCH3 is 1. The summed E-state index contributed by atoms with van der Waals surface area (Å²) in [6.45, 7) is 4.35. The molecule has 0 aliphatic carbocycles. The molecule has 0 spiro atoms. The number of aryl methyl sites for hydroxylation is 1. The summed E-state index contributed by atoms with van der Waals surface area (Å²) in [4.78, 5) is 25.3. The van der Waals surface area contributed by atoms with Gasteiger partial charge in [0.25, 0.3) is 5.91 Å². The molecule has 0 radical (unpaired) electrons. The molecule has 3 aromatic rings. The third kappa shape index (κ3) is 4.89. The number of carbonyl (C=O) groups is 1. The first-order valence-electron chi connectivity index (χ1n) is 9.75. The topological polar surface area (TPSA) is 69.6 Å². The number of hydrogen-bond acceptors (Lipinski definition) is 4. The van der Waals surface area contributed by atoms with Gasteiger partial charge in [0.2, 0.25) is 5.43 Å². The highest BCUT2D eigenvalue weighted by Crippen LogP contribution is 2.24. The Morgan fingerprint density at radius 3 is 2.60 bits per heavy atom. The van der Waals surface area contributed by atoms with Gasteiger partial charge in [0.15, 0.2) is 5.75 Å². The number of anilines is 1. The molecule has 0 aliphatic rings. The lowest BCUT2D eigenvalue weighted by atomic mass is 10.0. The van der Waals surface area contributed by atoms with Crippen LogP contribution in [0.25, 0.3) is 0 Å². The Hall–Kier alpha value is -3.54. The van der Waals surface area contributed by atoms with E-state index in [-0.39, 0.29) is 35.3 Å². The molecule has 156 valence electrons. The number of para-hydroxylation sites is 1. The van der Waals surface area contributed by atoms with Crippen LogP contribution in [0, 0.1) is 0 Å². The van der Waals surface area contributed by atoms with Crippen LogP contribution in [0.15, 0.2) is 65.6 Å². The van der Waals surface area contributed by atoms with Crippen molar-refractivity contribution in [2.24, 2.45) is 7.05 Å². The van der Waals surface area contributed by atoms with Crippen LogP contribution >= 0.6 is 0 Å². The van der Waals surface area contributed by atoms with Gasteiger partial charge in [-0.05, 0) is 35.2 Å². The average Bonchev–Trinajstić information content (AvgIpc) is 2.74. The summed E-state index contributed by atoms with van der Waals surface area (Å²) in [5.74, 6) is 0.817. The molecule has 0 aliphatic heterocycles. The van der Waals surface area contributed by atoms with Gasteiger partial charge in [-0.2, -0.15) is 0 Å². The van der Waals surface area contributed by atoms with E-state index in [1.807, 2.05) is 48.5 Å². The maximum absolute atomic E-state index is 12.8. The van der Waals surface area contributed by atoms with E-state index in [9.17, 15) is 9.59 Å². The van der Waals surface area contributed by atoms with Crippen molar-refractivity contribution in [3.63, 3.8) is 0 Å². The van der Waals surface area contributed by atoms with Crippen molar-refractivity contribution in [3.05, 3.63) is 87.8 Å². The van der Waals surface area contributed by atoms with Crippen LogP contribution in [0.3, 0.4) is 0 Å². The molecule has 6 nitrogen and oxygen atoms in total. The van der Waals surface area contributed by atoms with E-state index in [0.717, 1.165) is 22.6 Å². The van der Waals surface area contributed by atoms with Crippen LogP contribution in [0.1, 0.15) is 41.4 Å². The maximum atomic E-state index is 12.8. The van der Waals surface area contributed by atoms with Gasteiger partial charge in [-0.1, -0.05) is 44.2 Å². The molecule has 6 heteroatoms. The molecule has 30 heavy (non-hydrogen) atoms. The number of ether oxygens (including phenoxy) is 2. The van der Waals surface area contributed by atoms with Gasteiger partial charge >= 0.3 is 0 Å². The first-order valence-corrected chi connectivity index (χ1v) is 9.75. The van der Waals surface area contributed by atoms with Crippen LogP contribution in [0.4, 0.5) is 5.69 Å². The molecule has 1 heterocycles. The van der Waals surface area contributed by atoms with Crippen molar-refractivity contribution >= 4 is 11.6 Å². The summed E-state index contributed by atoms with van der Waals surface area (Å²) in [5, 5.41) is 2.91. The van der Waals surface area contributed by atoms with E-state index in [1.165, 1.54) is 12.3 Å². The molecule has 2 aromatic carbocycles. The largest absolute Gasteiger partial charge is 0.497 e. The van der Waals surface area contributed by atoms with E-state index >= 15 is 0 Å². The monoisotopic (exact) mass is 406 g/mol. The smallest absolute Gasteiger partial charge is 0.272 e. The first-order chi connectivity index (χ1) is 14.4. The van der Waals surface area contributed by atoms with Crippen LogP contribution in [-0.2, 0) is 13.7 Å². The van der Waals surface area contributed by atoms with E-state index in [0.29, 0.717) is 0 Å². The number of amides is 1. The molecule has 0 saturated heterocycles. The van der Waals surface area contributed by atoms with Gasteiger partial charge in [-0.25, -0.2) is 0 Å². The molecule has 0 fully saturated rings. The SMILES string of the molecule is COc1cccc(COc2cn(C)c(C(=O)Nc3ccccc3C(C)C)cc2=O)c1. The molecule has 0 saturated carbocycles. The van der Waals surface area contributed by atoms with Crippen LogP contribution in [-0.4, -0.2) is 17.6 Å². The van der Waals surface area contributed by atoms with E-state index in [1.54, 1.807) is 18.7 Å². The van der Waals surface area contributed by atoms with Crippen molar-refractivity contribution in [3.8, 4) is 11.5 Å². The second kappa shape index (κ2) is 9.31. The van der Waals surface area contributed by atoms with Crippen molar-refractivity contribution in [2.75, 3.05) is 12.4 Å². The van der Waals surface area contributed by atoms with E-state index in [2.05, 4.69) is 19.2 Å². The third-order valence-electron chi connectivity index (χ3n) is 4.79. The van der Waals surface area contributed by atoms with Crippen LogP contribution in [0.2, 0.25) is 0 Å². The van der Waals surface area contributed by atoms with Gasteiger partial charge in [0.05, 0.1) is 13.3 Å². The Bertz CT molecular complexity index is 1100. The number of pyridine rings is 1. The summed E-state index contributed by atoms with van der Waals surface area (Å²) in [5.41, 5.74) is 2.56. The average molecular weight is 406 g/mol. The minimum absolute atomic E-state index is 0.180. The van der Waals surface area contributed by atoms with E-state index in [4.69, 9.17) is 9.47 Å². The molecular weight excluding hydrogens is 380 g/mol. The molecule has 0 unspecified atom stereocenters. The molecule has 0 atom stereocenters. The first kappa shape index (κ1) is 21.2. The third-order valence-corrected chi connectivity index (χ3v) is 4.79. The Morgan fingerprint density at radius 2 is 1.87 bits per heavy atom. The van der Waals surface area contributed by atoms with Crippen molar-refractivity contribution < 1.29 is 14.3 Å². The lowest BCUT2D eigenvalue weighted by Crippen LogP contribution is -2.22. The predicted octanol–water partition coefficient (Wildman–Crippen LogP) is 4.35. The molecule has 3 rings (SSSR count). The fourth-order valence-electron chi connectivity index (χ4n) is 3.16. The molecule has 1 amide bonds. The highest BCUT2D eigenvalue weighted by atomic mass is 16.5. The molecule has 1 aromatic heterocycles. The van der Waals surface area contributed by atoms with Gasteiger partial charge in [0, 0.05) is 18.8 Å². The second-order valence-electron chi connectivity index (χ2n) is 7.33. The fraction of sp³-hybridized carbons (Fsp3) is 0.250. The standard InChI is InChI=1S/C24H26N2O4/c1-16(2)19-10-5-6-11-20(19)25-24(28)21-13-22(27)23(14-26(21)3)30-15-17-8-7-9-18(12-17)29-4/h5-14,16H,15H2,1-4H3,(H,25,28). The summed E-state index contributed by atoms with van der Waals surface area (Å²) >= 11 is 0. The highest BCUT2D eigenvalue weighted by Gasteiger charge is 2.15. The minimum Gasteiger partial charge on any atom is -0.497 e. The lowest BCUT2D eigenvalue weighted by Gasteiger charge is -2.15. The van der Waals surface area contributed by atoms with Gasteiger partial charge < -0.3 is 19.4 Å². The van der Waals surface area contributed by atoms with E-state index < -0.39 is 0 Å². The van der Waals surface area contributed by atoms with Crippen molar-refractivity contribution in [1.29, 1.82) is 0 Å². The number of nitrogens with one attached hydrogen (secondary N) is 1. The minimum atomic E-state index is -0.349. The van der Waals surface area contributed by atoms with Crippen LogP contribution in [0.5, 0.6) is 11.5 Å². The summed E-state index contributed by atoms with van der Waals surface area (Å²) in [7, 11) is 3.31. The maximum Gasteiger partial charge on any atom is 0.272 e. The number of hydrogen-bond donors (Lipinski definition) is 1. The number of nitrogens with zero attached hydrogens (tertiary/aromatic N) is 1. The van der Waals surface area contributed by atoms with Crippen LogP contribution < -0.4 is 20.2 Å². The molecular formula is C24H26N2O4. The zero-order valence-corrected chi connectivity index (χ0v) is 17.6. The summed E-state index contributed by atoms with van der Waals surface area (Å²) < 4.78 is 12.5. The predicted molar refractivity (Wildman–Crippen MR) is 117 cm³/mol. The normalized spacial score (nSPS) is 10.7. The fourth-order valence-corrected chi connectivity index (χ4v) is 3.16. The highest BCUT2D eigenvalue weighted by molar-refractivity contribution is 6.03. The zero-order chi connectivity index (χ0) is 21.7. The number of aromatic nitrogens is 1. The number of carbonyl (C=O) groups excluding carboxylic acids is 1. The Kier molecular flexibility index (Phi) is 6.57. The molecule has 1 N–H and O–H groups in total. The van der Waals surface area contributed by atoms with Gasteiger partial charge in [-0.15, -0.1) is 0 Å². The number of rotatable bonds is 7. The van der Waals surface area contributed by atoms with Crippen molar-refractivity contribution in [2.45, 2.75) is 26.4 Å². The van der Waals surface area contributed by atoms with Gasteiger partial charge in [-0.3, -0.25) is 9.59 Å². The summed E-state index contributed by atoms with van der Waals surface area (Å²) in [6.07, 6.45) is 1.53. The molecule has 0 bridgehead atoms. The Labute approximate surface area is 176 Å².